The number of ether oxygens (including phenoxy) is 1. The van der Waals surface area contributed by atoms with Gasteiger partial charge in [-0.15, -0.1) is 0 Å². The normalized spacial score (nSPS) is 43.6. The highest BCUT2D eigenvalue weighted by Crippen LogP contribution is 2.79. The molecule has 7 aliphatic rings. The van der Waals surface area contributed by atoms with Crippen molar-refractivity contribution in [3.8, 4) is 11.3 Å². The number of nitrogens with zero attached hydrogens (tertiary/aromatic N) is 2. The van der Waals surface area contributed by atoms with Gasteiger partial charge < -0.3 is 14.6 Å². The van der Waals surface area contributed by atoms with E-state index in [1.54, 1.807) is 19.1 Å². The zero-order chi connectivity index (χ0) is 37.3. The second-order valence-corrected chi connectivity index (χ2v) is 21.0. The Kier molecular flexibility index (Phi) is 8.08. The molecule has 7 heteroatoms. The number of aromatic amines is 1. The largest absolute Gasteiger partial charge is 0.462 e. The zero-order valence-electron chi connectivity index (χ0n) is 33.5. The maximum absolute atomic E-state index is 15.6. The molecular weight excluding hydrogens is 662 g/mol. The molecule has 1 aromatic carbocycles. The van der Waals surface area contributed by atoms with Crippen LogP contribution in [-0.2, 0) is 14.3 Å². The van der Waals surface area contributed by atoms with Gasteiger partial charge in [0.25, 0.3) is 0 Å². The SMILES string of the molecule is CC(=O)O[C@H]1CC[C@@]2(C)C(CC[C@]3(C)C2CC[C@@H]2C4C(C5(C)CC5)CC[C@]4(C(=O)N4CCC[C@H]4c4ncc(-c5ccc(F)cc5)[nH]4)CC[C@]23C)C1(C)C. The molecule has 2 aromatic rings. The summed E-state index contributed by atoms with van der Waals surface area (Å²) in [6.45, 7) is 17.7. The van der Waals surface area contributed by atoms with E-state index in [9.17, 15) is 9.18 Å². The zero-order valence-corrected chi connectivity index (χ0v) is 33.5. The minimum absolute atomic E-state index is 0.000657. The Hall–Kier alpha value is -2.70. The maximum atomic E-state index is 15.6. The highest BCUT2D eigenvalue weighted by Gasteiger charge is 2.74. The minimum atomic E-state index is -0.288. The molecule has 7 fully saturated rings. The van der Waals surface area contributed by atoms with Crippen molar-refractivity contribution in [2.24, 2.45) is 62.1 Å². The fourth-order valence-electron chi connectivity index (χ4n) is 15.6. The van der Waals surface area contributed by atoms with E-state index in [4.69, 9.17) is 9.72 Å². The maximum Gasteiger partial charge on any atom is 0.302 e. The third kappa shape index (κ3) is 5.02. The molecule has 1 aliphatic heterocycles. The highest BCUT2D eigenvalue weighted by molar-refractivity contribution is 5.84. The standard InChI is InChI=1S/C46H64FN3O3/c1-28(51)53-37-18-19-43(5)35(41(37,2)3)17-20-45(7)36(43)15-14-32-38-31(42(4)22-23-42)16-21-46(38,25-24-44(32,45)6)40(52)50-26-8-9-34(50)39-48-27-33(49-39)29-10-12-30(47)13-11-29/h10-13,27,31-32,34-38H,8-9,14-26H2,1-7H3,(H,48,49)/t31?,32-,34+,35?,36?,37+,38?,43+,44-,45-,46+/m1/s1. The van der Waals surface area contributed by atoms with Crippen molar-refractivity contribution in [3.63, 3.8) is 0 Å². The Balaban J connectivity index is 1.03. The van der Waals surface area contributed by atoms with Crippen LogP contribution in [0.25, 0.3) is 11.3 Å². The monoisotopic (exact) mass is 725 g/mol. The number of imidazole rings is 1. The second-order valence-electron chi connectivity index (χ2n) is 21.0. The smallest absolute Gasteiger partial charge is 0.302 e. The quantitative estimate of drug-likeness (QED) is 0.311. The van der Waals surface area contributed by atoms with Crippen LogP contribution < -0.4 is 0 Å². The van der Waals surface area contributed by atoms with Gasteiger partial charge in [0.2, 0.25) is 5.91 Å². The van der Waals surface area contributed by atoms with Gasteiger partial charge in [0, 0.05) is 18.9 Å². The van der Waals surface area contributed by atoms with Crippen LogP contribution in [0, 0.1) is 67.9 Å². The van der Waals surface area contributed by atoms with Gasteiger partial charge in [-0.25, -0.2) is 9.37 Å². The van der Waals surface area contributed by atoms with E-state index in [1.165, 1.54) is 57.1 Å². The predicted octanol–water partition coefficient (Wildman–Crippen LogP) is 10.7. The van der Waals surface area contributed by atoms with Crippen LogP contribution in [0.2, 0.25) is 0 Å². The van der Waals surface area contributed by atoms with Gasteiger partial charge in [-0.2, -0.15) is 0 Å². The molecule has 53 heavy (non-hydrogen) atoms. The van der Waals surface area contributed by atoms with Crippen molar-refractivity contribution in [2.75, 3.05) is 6.54 Å². The first-order chi connectivity index (χ1) is 25.1. The number of fused-ring (bicyclic) bond motifs is 7. The molecular formula is C46H64FN3O3. The number of halogens is 1. The van der Waals surface area contributed by atoms with Gasteiger partial charge in [0.15, 0.2) is 0 Å². The number of carbonyl (C=O) groups excluding carboxylic acids is 2. The number of nitrogens with one attached hydrogen (secondary N) is 1. The van der Waals surface area contributed by atoms with Gasteiger partial charge in [-0.05, 0) is 171 Å². The summed E-state index contributed by atoms with van der Waals surface area (Å²) in [5.74, 6) is 3.71. The third-order valence-corrected chi connectivity index (χ3v) is 18.6. The second kappa shape index (κ2) is 11.9. The fourth-order valence-corrected chi connectivity index (χ4v) is 15.6. The van der Waals surface area contributed by atoms with Gasteiger partial charge >= 0.3 is 5.97 Å². The lowest BCUT2D eigenvalue weighted by Gasteiger charge is -2.73. The van der Waals surface area contributed by atoms with Crippen molar-refractivity contribution < 1.29 is 18.7 Å². The molecule has 4 unspecified atom stereocenters. The summed E-state index contributed by atoms with van der Waals surface area (Å²) in [5, 5.41) is 0. The van der Waals surface area contributed by atoms with E-state index in [0.717, 1.165) is 68.6 Å². The van der Waals surface area contributed by atoms with E-state index in [0.29, 0.717) is 40.9 Å². The van der Waals surface area contributed by atoms with Crippen LogP contribution in [0.5, 0.6) is 0 Å². The first-order valence-electron chi connectivity index (χ1n) is 21.4. The number of aromatic nitrogens is 2. The van der Waals surface area contributed by atoms with Crippen LogP contribution in [-0.4, -0.2) is 39.4 Å². The third-order valence-electron chi connectivity index (χ3n) is 18.6. The molecule has 1 amide bonds. The summed E-state index contributed by atoms with van der Waals surface area (Å²) in [4.78, 5) is 38.4. The lowest BCUT2D eigenvalue weighted by atomic mass is 9.32. The number of hydrogen-bond acceptors (Lipinski definition) is 4. The van der Waals surface area contributed by atoms with Crippen LogP contribution >= 0.6 is 0 Å². The molecule has 9 rings (SSSR count). The molecule has 1 saturated heterocycles. The first kappa shape index (κ1) is 36.0. The van der Waals surface area contributed by atoms with Crippen LogP contribution in [0.3, 0.4) is 0 Å². The van der Waals surface area contributed by atoms with Crippen LogP contribution in [0.15, 0.2) is 30.5 Å². The van der Waals surface area contributed by atoms with E-state index in [1.807, 2.05) is 6.20 Å². The molecule has 1 N–H and O–H groups in total. The number of hydrogen-bond donors (Lipinski definition) is 1. The summed E-state index contributed by atoms with van der Waals surface area (Å²) in [7, 11) is 0. The minimum Gasteiger partial charge on any atom is -0.462 e. The van der Waals surface area contributed by atoms with Gasteiger partial charge in [0.05, 0.1) is 23.3 Å². The Bertz CT molecular complexity index is 1780. The topological polar surface area (TPSA) is 75.3 Å². The summed E-state index contributed by atoms with van der Waals surface area (Å²) >= 11 is 0. The summed E-state index contributed by atoms with van der Waals surface area (Å²) in [5.41, 5.74) is 2.48. The Morgan fingerprint density at radius 1 is 0.811 bits per heavy atom. The van der Waals surface area contributed by atoms with Gasteiger partial charge in [0.1, 0.15) is 17.7 Å². The summed E-state index contributed by atoms with van der Waals surface area (Å²) in [6.07, 6.45) is 17.8. The van der Waals surface area contributed by atoms with Gasteiger partial charge in [-0.3, -0.25) is 9.59 Å². The lowest BCUT2D eigenvalue weighted by Crippen LogP contribution is -2.67. The molecule has 0 radical (unpaired) electrons. The molecule has 6 nitrogen and oxygen atoms in total. The van der Waals surface area contributed by atoms with Crippen LogP contribution in [0.1, 0.15) is 150 Å². The number of H-pyrrole nitrogens is 1. The molecule has 288 valence electrons. The molecule has 1 aromatic heterocycles. The Morgan fingerprint density at radius 2 is 1.57 bits per heavy atom. The Morgan fingerprint density at radius 3 is 2.28 bits per heavy atom. The number of amides is 1. The number of benzene rings is 1. The summed E-state index contributed by atoms with van der Waals surface area (Å²) in [6, 6.07) is 6.53. The highest BCUT2D eigenvalue weighted by atomic mass is 19.1. The van der Waals surface area contributed by atoms with Crippen molar-refractivity contribution in [3.05, 3.63) is 42.1 Å². The molecule has 11 atom stereocenters. The van der Waals surface area contributed by atoms with Crippen LogP contribution in [0.4, 0.5) is 4.39 Å². The number of esters is 1. The van der Waals surface area contributed by atoms with Gasteiger partial charge in [-0.1, -0.05) is 41.5 Å². The number of rotatable bonds is 5. The lowest BCUT2D eigenvalue weighted by molar-refractivity contribution is -0.251. The molecule has 0 spiro atoms. The average Bonchev–Trinajstić information content (AvgIpc) is 3.50. The molecule has 0 bridgehead atoms. The first-order valence-corrected chi connectivity index (χ1v) is 21.4. The number of carbonyl (C=O) groups is 2. The predicted molar refractivity (Wildman–Crippen MR) is 205 cm³/mol. The van der Waals surface area contributed by atoms with E-state index in [-0.39, 0.29) is 51.0 Å². The van der Waals surface area contributed by atoms with E-state index in [2.05, 4.69) is 51.4 Å². The number of likely N-dealkylation sites (tertiary alicyclic amines) is 1. The molecule has 6 aliphatic carbocycles. The fraction of sp³-hybridized carbons (Fsp3) is 0.761. The Labute approximate surface area is 317 Å². The van der Waals surface area contributed by atoms with Crippen molar-refractivity contribution in [1.82, 2.24) is 14.9 Å². The molecule has 6 saturated carbocycles. The summed E-state index contributed by atoms with van der Waals surface area (Å²) < 4.78 is 19.7. The van der Waals surface area contributed by atoms with E-state index < -0.39 is 0 Å². The van der Waals surface area contributed by atoms with E-state index >= 15 is 4.79 Å². The van der Waals surface area contributed by atoms with Crippen molar-refractivity contribution in [1.29, 1.82) is 0 Å². The molecule has 2 heterocycles. The average molecular weight is 726 g/mol. The van der Waals surface area contributed by atoms with Crippen molar-refractivity contribution >= 4 is 11.9 Å². The van der Waals surface area contributed by atoms with Crippen molar-refractivity contribution in [2.45, 2.75) is 151 Å².